The molecule has 1 aliphatic heterocycles. The standard InChI is InChI=1S/C19H20FN5O/c1-14-11-16(23-26-14)12-24-7-9-25(10-8-24)19-17(20)18(21-13-22-19)15-5-3-2-4-6-15/h2-6,11,13H,7-10,12H2,1H3. The minimum absolute atomic E-state index is 0.344. The Bertz CT molecular complexity index is 875. The summed E-state index contributed by atoms with van der Waals surface area (Å²) in [6.07, 6.45) is 1.44. The number of aromatic nitrogens is 3. The van der Waals surface area contributed by atoms with Gasteiger partial charge in [0.1, 0.15) is 17.8 Å². The highest BCUT2D eigenvalue weighted by Crippen LogP contribution is 2.26. The van der Waals surface area contributed by atoms with Crippen LogP contribution >= 0.6 is 0 Å². The summed E-state index contributed by atoms with van der Waals surface area (Å²) in [7, 11) is 0. The van der Waals surface area contributed by atoms with Crippen LogP contribution in [0.15, 0.2) is 47.2 Å². The molecule has 4 rings (SSSR count). The lowest BCUT2D eigenvalue weighted by atomic mass is 10.1. The van der Waals surface area contributed by atoms with Crippen LogP contribution in [0, 0.1) is 12.7 Å². The summed E-state index contributed by atoms with van der Waals surface area (Å²) in [5, 5.41) is 4.04. The molecule has 0 spiro atoms. The summed E-state index contributed by atoms with van der Waals surface area (Å²) in [4.78, 5) is 12.6. The Morgan fingerprint density at radius 3 is 2.54 bits per heavy atom. The van der Waals surface area contributed by atoms with Gasteiger partial charge in [0.05, 0.1) is 5.69 Å². The maximum absolute atomic E-state index is 15.0. The van der Waals surface area contributed by atoms with Gasteiger partial charge in [-0.25, -0.2) is 14.4 Å². The molecule has 134 valence electrons. The third kappa shape index (κ3) is 3.43. The summed E-state index contributed by atoms with van der Waals surface area (Å²) in [5.41, 5.74) is 2.03. The summed E-state index contributed by atoms with van der Waals surface area (Å²) in [6, 6.07) is 11.3. The molecule has 1 aliphatic rings. The van der Waals surface area contributed by atoms with E-state index in [1.54, 1.807) is 0 Å². The van der Waals surface area contributed by atoms with E-state index in [1.807, 2.05) is 48.2 Å². The number of nitrogens with zero attached hydrogens (tertiary/aromatic N) is 5. The van der Waals surface area contributed by atoms with Crippen molar-refractivity contribution in [3.05, 3.63) is 60.0 Å². The van der Waals surface area contributed by atoms with Gasteiger partial charge >= 0.3 is 0 Å². The average Bonchev–Trinajstić information content (AvgIpc) is 3.08. The van der Waals surface area contributed by atoms with Gasteiger partial charge in [0, 0.05) is 44.4 Å². The first-order chi connectivity index (χ1) is 12.7. The first kappa shape index (κ1) is 16.7. The van der Waals surface area contributed by atoms with Gasteiger partial charge in [-0.1, -0.05) is 35.5 Å². The first-order valence-electron chi connectivity index (χ1n) is 8.66. The zero-order valence-corrected chi connectivity index (χ0v) is 14.6. The summed E-state index contributed by atoms with van der Waals surface area (Å²) >= 11 is 0. The van der Waals surface area contributed by atoms with Gasteiger partial charge in [-0.2, -0.15) is 0 Å². The zero-order valence-electron chi connectivity index (χ0n) is 14.6. The zero-order chi connectivity index (χ0) is 17.9. The predicted octanol–water partition coefficient (Wildman–Crippen LogP) is 2.90. The molecule has 0 N–H and O–H groups in total. The Kier molecular flexibility index (Phi) is 4.62. The van der Waals surface area contributed by atoms with E-state index in [0.717, 1.165) is 36.7 Å². The molecule has 1 fully saturated rings. The van der Waals surface area contributed by atoms with Gasteiger partial charge in [-0.3, -0.25) is 4.90 Å². The minimum Gasteiger partial charge on any atom is -0.361 e. The second kappa shape index (κ2) is 7.21. The maximum atomic E-state index is 15.0. The number of hydrogen-bond acceptors (Lipinski definition) is 6. The SMILES string of the molecule is Cc1cc(CN2CCN(c3ncnc(-c4ccccc4)c3F)CC2)no1. The molecular weight excluding hydrogens is 333 g/mol. The number of halogens is 1. The van der Waals surface area contributed by atoms with Crippen molar-refractivity contribution in [3.8, 4) is 11.3 Å². The van der Waals surface area contributed by atoms with Crippen LogP contribution in [0.2, 0.25) is 0 Å². The molecule has 0 unspecified atom stereocenters. The smallest absolute Gasteiger partial charge is 0.191 e. The maximum Gasteiger partial charge on any atom is 0.191 e. The first-order valence-corrected chi connectivity index (χ1v) is 8.66. The molecule has 3 aromatic rings. The molecule has 0 saturated carbocycles. The van der Waals surface area contributed by atoms with Gasteiger partial charge < -0.3 is 9.42 Å². The van der Waals surface area contributed by atoms with Crippen molar-refractivity contribution in [2.24, 2.45) is 0 Å². The van der Waals surface area contributed by atoms with Crippen LogP contribution in [0.25, 0.3) is 11.3 Å². The Morgan fingerprint density at radius 1 is 1.08 bits per heavy atom. The molecule has 0 radical (unpaired) electrons. The molecular formula is C19H20FN5O. The van der Waals surface area contributed by atoms with E-state index in [1.165, 1.54) is 6.33 Å². The van der Waals surface area contributed by atoms with E-state index >= 15 is 0 Å². The fraction of sp³-hybridized carbons (Fsp3) is 0.316. The predicted molar refractivity (Wildman–Crippen MR) is 96.2 cm³/mol. The minimum atomic E-state index is -0.362. The summed E-state index contributed by atoms with van der Waals surface area (Å²) in [5.74, 6) is 0.824. The molecule has 1 saturated heterocycles. The van der Waals surface area contributed by atoms with Gasteiger partial charge in [0.2, 0.25) is 0 Å². The number of anilines is 1. The van der Waals surface area contributed by atoms with E-state index in [-0.39, 0.29) is 5.82 Å². The molecule has 0 bridgehead atoms. The topological polar surface area (TPSA) is 58.3 Å². The number of rotatable bonds is 4. The number of hydrogen-bond donors (Lipinski definition) is 0. The quantitative estimate of drug-likeness (QED) is 0.719. The molecule has 3 heterocycles. The number of aryl methyl sites for hydroxylation is 1. The van der Waals surface area contributed by atoms with Crippen molar-refractivity contribution in [2.75, 3.05) is 31.1 Å². The van der Waals surface area contributed by atoms with Crippen molar-refractivity contribution < 1.29 is 8.91 Å². The Labute approximate surface area is 151 Å². The van der Waals surface area contributed by atoms with Gasteiger partial charge in [0.25, 0.3) is 0 Å². The van der Waals surface area contributed by atoms with Gasteiger partial charge in [-0.15, -0.1) is 0 Å². The van der Waals surface area contributed by atoms with Crippen molar-refractivity contribution in [1.82, 2.24) is 20.0 Å². The highest BCUT2D eigenvalue weighted by molar-refractivity contribution is 5.63. The fourth-order valence-electron chi connectivity index (χ4n) is 3.22. The van der Waals surface area contributed by atoms with E-state index in [0.29, 0.717) is 24.6 Å². The molecule has 1 aromatic carbocycles. The van der Waals surface area contributed by atoms with Gasteiger partial charge in [0.15, 0.2) is 11.6 Å². The van der Waals surface area contributed by atoms with E-state index < -0.39 is 0 Å². The lowest BCUT2D eigenvalue weighted by molar-refractivity contribution is 0.240. The molecule has 0 amide bonds. The average molecular weight is 353 g/mol. The molecule has 6 nitrogen and oxygen atoms in total. The number of benzene rings is 1. The lowest BCUT2D eigenvalue weighted by Gasteiger charge is -2.35. The van der Waals surface area contributed by atoms with Crippen LogP contribution in [0.1, 0.15) is 11.5 Å². The lowest BCUT2D eigenvalue weighted by Crippen LogP contribution is -2.46. The molecule has 2 aromatic heterocycles. The van der Waals surface area contributed by atoms with Crippen molar-refractivity contribution >= 4 is 5.82 Å². The van der Waals surface area contributed by atoms with E-state index in [2.05, 4.69) is 20.0 Å². The largest absolute Gasteiger partial charge is 0.361 e. The summed E-state index contributed by atoms with van der Waals surface area (Å²) < 4.78 is 20.1. The van der Waals surface area contributed by atoms with Crippen molar-refractivity contribution in [3.63, 3.8) is 0 Å². The second-order valence-corrected chi connectivity index (χ2v) is 6.42. The Hall–Kier alpha value is -2.80. The monoisotopic (exact) mass is 353 g/mol. The highest BCUT2D eigenvalue weighted by atomic mass is 19.1. The molecule has 0 aliphatic carbocycles. The summed E-state index contributed by atoms with van der Waals surface area (Å²) in [6.45, 7) is 5.67. The van der Waals surface area contributed by atoms with E-state index in [9.17, 15) is 4.39 Å². The van der Waals surface area contributed by atoms with Crippen molar-refractivity contribution in [2.45, 2.75) is 13.5 Å². The third-order valence-corrected chi connectivity index (χ3v) is 4.55. The number of piperazine rings is 1. The van der Waals surface area contributed by atoms with Crippen LogP contribution in [0.4, 0.5) is 10.2 Å². The second-order valence-electron chi connectivity index (χ2n) is 6.42. The molecule has 26 heavy (non-hydrogen) atoms. The normalized spacial score (nSPS) is 15.4. The van der Waals surface area contributed by atoms with Crippen LogP contribution < -0.4 is 4.90 Å². The third-order valence-electron chi connectivity index (χ3n) is 4.55. The van der Waals surface area contributed by atoms with Crippen LogP contribution in [0.5, 0.6) is 0 Å². The van der Waals surface area contributed by atoms with Crippen LogP contribution in [-0.2, 0) is 6.54 Å². The Morgan fingerprint density at radius 2 is 1.85 bits per heavy atom. The van der Waals surface area contributed by atoms with Crippen LogP contribution in [0.3, 0.4) is 0 Å². The molecule has 7 heteroatoms. The van der Waals surface area contributed by atoms with Crippen molar-refractivity contribution in [1.29, 1.82) is 0 Å². The Balaban J connectivity index is 1.46. The fourth-order valence-corrected chi connectivity index (χ4v) is 3.22. The van der Waals surface area contributed by atoms with Crippen LogP contribution in [-0.4, -0.2) is 46.2 Å². The highest BCUT2D eigenvalue weighted by Gasteiger charge is 2.23. The van der Waals surface area contributed by atoms with Gasteiger partial charge in [-0.05, 0) is 6.92 Å². The molecule has 0 atom stereocenters. The van der Waals surface area contributed by atoms with E-state index in [4.69, 9.17) is 4.52 Å².